The van der Waals surface area contributed by atoms with Crippen molar-refractivity contribution in [3.05, 3.63) is 11.8 Å². The number of halogens is 2. The van der Waals surface area contributed by atoms with Gasteiger partial charge in [-0.15, -0.1) is 0 Å². The van der Waals surface area contributed by atoms with Crippen molar-refractivity contribution in [1.29, 1.82) is 0 Å². The van der Waals surface area contributed by atoms with Crippen molar-refractivity contribution >= 4 is 5.71 Å². The van der Waals surface area contributed by atoms with Crippen LogP contribution in [0.5, 0.6) is 0 Å². The normalized spacial score (nSPS) is 11.5. The van der Waals surface area contributed by atoms with E-state index in [0.29, 0.717) is 12.8 Å². The molecule has 0 amide bonds. The molecule has 0 bridgehead atoms. The van der Waals surface area contributed by atoms with Gasteiger partial charge in [-0.3, -0.25) is 8.78 Å². The molecule has 94 valence electrons. The van der Waals surface area contributed by atoms with Crippen LogP contribution in [0.3, 0.4) is 0 Å². The molecule has 0 rings (SSSR count). The van der Waals surface area contributed by atoms with E-state index in [1.807, 2.05) is 43.6 Å². The molecule has 0 unspecified atom stereocenters. The zero-order chi connectivity index (χ0) is 12.6. The molecule has 0 spiro atoms. The molecule has 0 aromatic rings. The van der Waals surface area contributed by atoms with E-state index in [1.165, 1.54) is 0 Å². The first kappa shape index (κ1) is 15.1. The quantitative estimate of drug-likeness (QED) is 0.483. The lowest BCUT2D eigenvalue weighted by atomic mass is 10.2. The Morgan fingerprint density at radius 1 is 1.19 bits per heavy atom. The third-order valence-corrected chi connectivity index (χ3v) is 2.57. The Morgan fingerprint density at radius 2 is 1.75 bits per heavy atom. The average molecular weight is 233 g/mol. The fraction of sp³-hybridized carbons (Fsp3) is 0.750. The predicted octanol–water partition coefficient (Wildman–Crippen LogP) is 2.25. The maximum absolute atomic E-state index is 12.4. The third kappa shape index (κ3) is 5.24. The Morgan fingerprint density at radius 3 is 2.12 bits per heavy atom. The summed E-state index contributed by atoms with van der Waals surface area (Å²) in [7, 11) is 5.67. The van der Waals surface area contributed by atoms with Crippen LogP contribution in [0.25, 0.3) is 0 Å². The lowest BCUT2D eigenvalue weighted by molar-refractivity contribution is -0.464. The van der Waals surface area contributed by atoms with E-state index in [0.717, 1.165) is 18.0 Å². The SMILES string of the molecule is CCN(C)/C(=C\C(CCF)=[N+](C)C)CCF. The summed E-state index contributed by atoms with van der Waals surface area (Å²) < 4.78 is 26.6. The molecule has 0 heterocycles. The minimum absolute atomic E-state index is 0.375. The number of allylic oxidation sites excluding steroid dienone is 2. The highest BCUT2D eigenvalue weighted by atomic mass is 19.1. The van der Waals surface area contributed by atoms with Gasteiger partial charge in [0, 0.05) is 31.8 Å². The van der Waals surface area contributed by atoms with Crippen LogP contribution in [-0.4, -0.2) is 56.2 Å². The Bertz CT molecular complexity index is 256. The topological polar surface area (TPSA) is 6.25 Å². The van der Waals surface area contributed by atoms with Crippen molar-refractivity contribution in [2.45, 2.75) is 19.8 Å². The van der Waals surface area contributed by atoms with Gasteiger partial charge in [0.15, 0.2) is 5.71 Å². The Balaban J connectivity index is 4.92. The van der Waals surface area contributed by atoms with Crippen molar-refractivity contribution in [2.24, 2.45) is 0 Å². The number of hydrogen-bond donors (Lipinski definition) is 0. The first-order valence-electron chi connectivity index (χ1n) is 5.63. The molecule has 16 heavy (non-hydrogen) atoms. The van der Waals surface area contributed by atoms with Crippen molar-refractivity contribution < 1.29 is 13.4 Å². The van der Waals surface area contributed by atoms with E-state index in [2.05, 4.69) is 0 Å². The zero-order valence-corrected chi connectivity index (χ0v) is 10.8. The molecule has 0 aromatic carbocycles. The summed E-state index contributed by atoms with van der Waals surface area (Å²) >= 11 is 0. The fourth-order valence-electron chi connectivity index (χ4n) is 1.39. The second kappa shape index (κ2) is 8.25. The van der Waals surface area contributed by atoms with Gasteiger partial charge in [0.1, 0.15) is 14.1 Å². The molecular formula is C12H23F2N2+. The Labute approximate surface area is 97.3 Å². The molecule has 4 heteroatoms. The molecule has 0 N–H and O–H groups in total. The molecule has 0 radical (unpaired) electrons. The largest absolute Gasteiger partial charge is 0.378 e. The van der Waals surface area contributed by atoms with Crippen LogP contribution >= 0.6 is 0 Å². The molecule has 0 aliphatic carbocycles. The van der Waals surface area contributed by atoms with Crippen LogP contribution in [0.15, 0.2) is 11.8 Å². The van der Waals surface area contributed by atoms with Gasteiger partial charge in [0.05, 0.1) is 19.8 Å². The van der Waals surface area contributed by atoms with Crippen LogP contribution in [0, 0.1) is 0 Å². The maximum atomic E-state index is 12.4. The summed E-state index contributed by atoms with van der Waals surface area (Å²) in [6.07, 6.45) is 2.65. The van der Waals surface area contributed by atoms with Gasteiger partial charge in [-0.1, -0.05) is 0 Å². The average Bonchev–Trinajstić information content (AvgIpc) is 2.26. The summed E-state index contributed by atoms with van der Waals surface area (Å²) in [5.41, 5.74) is 1.81. The fourth-order valence-corrected chi connectivity index (χ4v) is 1.39. The second-order valence-corrected chi connectivity index (χ2v) is 3.91. The zero-order valence-electron chi connectivity index (χ0n) is 10.8. The van der Waals surface area contributed by atoms with Gasteiger partial charge in [0.2, 0.25) is 0 Å². The summed E-state index contributed by atoms with van der Waals surface area (Å²) in [6.45, 7) is 2.06. The molecule has 0 saturated carbocycles. The van der Waals surface area contributed by atoms with E-state index >= 15 is 0 Å². The highest BCUT2D eigenvalue weighted by Gasteiger charge is 2.09. The third-order valence-electron chi connectivity index (χ3n) is 2.57. The van der Waals surface area contributed by atoms with Gasteiger partial charge in [-0.05, 0) is 6.92 Å². The first-order valence-corrected chi connectivity index (χ1v) is 5.63. The minimum Gasteiger partial charge on any atom is -0.378 e. The molecule has 0 aromatic heterocycles. The van der Waals surface area contributed by atoms with Crippen LogP contribution in [0.1, 0.15) is 19.8 Å². The van der Waals surface area contributed by atoms with Crippen LogP contribution in [-0.2, 0) is 0 Å². The van der Waals surface area contributed by atoms with E-state index in [4.69, 9.17) is 0 Å². The first-order chi connectivity index (χ1) is 7.56. The molecule has 0 aliphatic heterocycles. The smallest absolute Gasteiger partial charge is 0.179 e. The lowest BCUT2D eigenvalue weighted by Gasteiger charge is -2.19. The minimum atomic E-state index is -0.386. The highest BCUT2D eigenvalue weighted by molar-refractivity contribution is 5.91. The molecule has 0 aliphatic rings. The van der Waals surface area contributed by atoms with Crippen molar-refractivity contribution in [2.75, 3.05) is 41.0 Å². The summed E-state index contributed by atoms with van der Waals surface area (Å²) in [5, 5.41) is 0. The van der Waals surface area contributed by atoms with Crippen molar-refractivity contribution in [3.63, 3.8) is 0 Å². The molecule has 0 saturated heterocycles. The summed E-state index contributed by atoms with van der Waals surface area (Å²) in [5.74, 6) is 0. The highest BCUT2D eigenvalue weighted by Crippen LogP contribution is 2.08. The maximum Gasteiger partial charge on any atom is 0.179 e. The standard InChI is InChI=1S/C12H23F2N2/c1-5-16(4)12(7-9-14)10-11(6-8-13)15(2)3/h10H,5-9H2,1-4H3/q+1. The van der Waals surface area contributed by atoms with Gasteiger partial charge >= 0.3 is 0 Å². The van der Waals surface area contributed by atoms with Crippen LogP contribution in [0.2, 0.25) is 0 Å². The summed E-state index contributed by atoms with van der Waals surface area (Å²) in [6, 6.07) is 0. The molecule has 0 fully saturated rings. The van der Waals surface area contributed by atoms with Crippen LogP contribution < -0.4 is 0 Å². The van der Waals surface area contributed by atoms with E-state index in [-0.39, 0.29) is 13.3 Å². The number of nitrogens with zero attached hydrogens (tertiary/aromatic N) is 2. The molecule has 0 atom stereocenters. The van der Waals surface area contributed by atoms with Gasteiger partial charge in [-0.2, -0.15) is 0 Å². The van der Waals surface area contributed by atoms with Crippen molar-refractivity contribution in [3.8, 4) is 0 Å². The molecule has 2 nitrogen and oxygen atoms in total. The number of alkyl halides is 2. The van der Waals surface area contributed by atoms with Gasteiger partial charge < -0.3 is 4.90 Å². The van der Waals surface area contributed by atoms with E-state index in [1.54, 1.807) is 0 Å². The number of hydrogen-bond acceptors (Lipinski definition) is 1. The van der Waals surface area contributed by atoms with E-state index in [9.17, 15) is 8.78 Å². The molecular weight excluding hydrogens is 210 g/mol. The second-order valence-electron chi connectivity index (χ2n) is 3.91. The number of rotatable bonds is 7. The predicted molar refractivity (Wildman–Crippen MR) is 64.7 cm³/mol. The Hall–Kier alpha value is -0.930. The van der Waals surface area contributed by atoms with Gasteiger partial charge in [-0.25, -0.2) is 4.58 Å². The monoisotopic (exact) mass is 233 g/mol. The van der Waals surface area contributed by atoms with Gasteiger partial charge in [0.25, 0.3) is 0 Å². The van der Waals surface area contributed by atoms with Crippen molar-refractivity contribution in [1.82, 2.24) is 4.90 Å². The van der Waals surface area contributed by atoms with Crippen LogP contribution in [0.4, 0.5) is 8.78 Å². The van der Waals surface area contributed by atoms with E-state index < -0.39 is 0 Å². The lowest BCUT2D eigenvalue weighted by Crippen LogP contribution is -2.21. The Kier molecular flexibility index (Phi) is 7.77. The summed E-state index contributed by atoms with van der Waals surface area (Å²) in [4.78, 5) is 1.99.